The molecule has 1 amide bonds. The van der Waals surface area contributed by atoms with Crippen molar-refractivity contribution in [3.63, 3.8) is 0 Å². The minimum atomic E-state index is 0.276. The van der Waals surface area contributed by atoms with Crippen molar-refractivity contribution in [2.24, 2.45) is 0 Å². The van der Waals surface area contributed by atoms with Crippen LogP contribution in [0.5, 0.6) is 0 Å². The molecular formula is C25H34BrN7O. The number of carbonyl (C=O) groups excluding carboxylic acids is 1. The summed E-state index contributed by atoms with van der Waals surface area (Å²) >= 11 is 3.55. The van der Waals surface area contributed by atoms with Crippen molar-refractivity contribution in [1.82, 2.24) is 19.8 Å². The second-order valence-electron chi connectivity index (χ2n) is 9.41. The van der Waals surface area contributed by atoms with Gasteiger partial charge in [-0.25, -0.2) is 4.98 Å². The molecule has 0 spiro atoms. The van der Waals surface area contributed by atoms with Gasteiger partial charge in [0.1, 0.15) is 5.82 Å². The molecule has 1 aromatic heterocycles. The van der Waals surface area contributed by atoms with E-state index in [0.717, 1.165) is 68.0 Å². The van der Waals surface area contributed by atoms with Gasteiger partial charge in [-0.05, 0) is 65.4 Å². The maximum Gasteiger partial charge on any atom is 0.229 e. The van der Waals surface area contributed by atoms with Crippen LogP contribution in [0.25, 0.3) is 0 Å². The first kappa shape index (κ1) is 23.4. The number of benzene rings is 1. The molecule has 182 valence electrons. The van der Waals surface area contributed by atoms with E-state index in [-0.39, 0.29) is 5.91 Å². The van der Waals surface area contributed by atoms with Crippen LogP contribution in [0.1, 0.15) is 38.2 Å². The summed E-state index contributed by atoms with van der Waals surface area (Å²) in [5, 5.41) is 6.82. The van der Waals surface area contributed by atoms with Gasteiger partial charge in [-0.1, -0.05) is 6.92 Å². The van der Waals surface area contributed by atoms with E-state index < -0.39 is 0 Å². The number of rotatable bonds is 9. The molecule has 2 N–H and O–H groups in total. The number of carbonyl (C=O) groups is 1. The van der Waals surface area contributed by atoms with Gasteiger partial charge in [0.15, 0.2) is 0 Å². The number of piperazine rings is 1. The van der Waals surface area contributed by atoms with Crippen LogP contribution >= 0.6 is 15.9 Å². The molecular weight excluding hydrogens is 494 g/mol. The normalized spacial score (nSPS) is 21.9. The van der Waals surface area contributed by atoms with Crippen LogP contribution in [0.3, 0.4) is 0 Å². The Labute approximate surface area is 210 Å². The summed E-state index contributed by atoms with van der Waals surface area (Å²) in [5.41, 5.74) is 3.65. The van der Waals surface area contributed by atoms with Crippen molar-refractivity contribution < 1.29 is 4.79 Å². The predicted molar refractivity (Wildman–Crippen MR) is 140 cm³/mol. The first-order valence-electron chi connectivity index (χ1n) is 12.5. The lowest BCUT2D eigenvalue weighted by Crippen LogP contribution is -2.46. The van der Waals surface area contributed by atoms with E-state index >= 15 is 0 Å². The van der Waals surface area contributed by atoms with Crippen LogP contribution in [-0.2, 0) is 11.2 Å². The van der Waals surface area contributed by atoms with Gasteiger partial charge in [0.2, 0.25) is 11.9 Å². The molecule has 5 rings (SSSR count). The zero-order valence-electron chi connectivity index (χ0n) is 19.9. The average molecular weight is 528 g/mol. The Bertz CT molecular complexity index is 1030. The van der Waals surface area contributed by atoms with Crippen molar-refractivity contribution in [3.8, 4) is 0 Å². The van der Waals surface area contributed by atoms with Gasteiger partial charge in [-0.2, -0.15) is 4.98 Å². The molecule has 3 fully saturated rings. The molecule has 1 aromatic carbocycles. The quantitative estimate of drug-likeness (QED) is 0.479. The second-order valence-corrected chi connectivity index (χ2v) is 10.3. The summed E-state index contributed by atoms with van der Waals surface area (Å²) in [4.78, 5) is 28.0. The topological polar surface area (TPSA) is 76.6 Å². The Morgan fingerprint density at radius 3 is 2.94 bits per heavy atom. The fourth-order valence-electron chi connectivity index (χ4n) is 5.30. The highest BCUT2D eigenvalue weighted by atomic mass is 79.9. The van der Waals surface area contributed by atoms with Crippen molar-refractivity contribution in [2.75, 3.05) is 61.3 Å². The summed E-state index contributed by atoms with van der Waals surface area (Å²) < 4.78 is 0.831. The number of amides is 1. The van der Waals surface area contributed by atoms with E-state index in [1.54, 1.807) is 6.20 Å². The zero-order chi connectivity index (χ0) is 23.5. The number of aryl methyl sites for hydroxylation is 1. The largest absolute Gasteiger partial charge is 0.369 e. The van der Waals surface area contributed by atoms with Gasteiger partial charge < -0.3 is 20.4 Å². The van der Waals surface area contributed by atoms with Crippen molar-refractivity contribution in [3.05, 3.63) is 34.4 Å². The van der Waals surface area contributed by atoms with E-state index in [4.69, 9.17) is 4.98 Å². The molecule has 0 saturated carbocycles. The highest BCUT2D eigenvalue weighted by Crippen LogP contribution is 2.31. The van der Waals surface area contributed by atoms with Crippen molar-refractivity contribution in [2.45, 2.75) is 45.1 Å². The number of halogens is 1. The molecule has 3 saturated heterocycles. The van der Waals surface area contributed by atoms with E-state index in [1.165, 1.54) is 30.8 Å². The van der Waals surface area contributed by atoms with Gasteiger partial charge in [0.25, 0.3) is 0 Å². The lowest BCUT2D eigenvalue weighted by molar-refractivity contribution is -0.127. The number of likely N-dealkylation sites (tertiary alicyclic amines) is 1. The smallest absolute Gasteiger partial charge is 0.229 e. The van der Waals surface area contributed by atoms with Crippen molar-refractivity contribution in [1.29, 1.82) is 0 Å². The summed E-state index contributed by atoms with van der Waals surface area (Å²) in [6, 6.07) is 7.37. The number of nitrogens with zero attached hydrogens (tertiary/aromatic N) is 5. The third-order valence-electron chi connectivity index (χ3n) is 7.21. The minimum absolute atomic E-state index is 0.276. The van der Waals surface area contributed by atoms with Crippen LogP contribution in [0, 0.1) is 0 Å². The van der Waals surface area contributed by atoms with E-state index in [0.29, 0.717) is 18.4 Å². The van der Waals surface area contributed by atoms with Gasteiger partial charge >= 0.3 is 0 Å². The van der Waals surface area contributed by atoms with Gasteiger partial charge in [-0.15, -0.1) is 0 Å². The number of hydrogen-bond acceptors (Lipinski definition) is 7. The molecule has 2 unspecified atom stereocenters. The molecule has 0 radical (unpaired) electrons. The molecule has 0 aliphatic carbocycles. The summed E-state index contributed by atoms with van der Waals surface area (Å²) in [7, 11) is 0. The number of aromatic nitrogens is 2. The zero-order valence-corrected chi connectivity index (χ0v) is 21.5. The number of anilines is 4. The van der Waals surface area contributed by atoms with Gasteiger partial charge in [0.05, 0.1) is 4.47 Å². The van der Waals surface area contributed by atoms with Gasteiger partial charge in [0, 0.05) is 75.8 Å². The Morgan fingerprint density at radius 2 is 2.12 bits per heavy atom. The SMILES string of the molecule is CCc1cc(N2CCN3CCC2C3)ccc1Nc1ncc(Br)c(NCCCN2CCCC2=O)n1. The van der Waals surface area contributed by atoms with E-state index in [9.17, 15) is 4.79 Å². The first-order chi connectivity index (χ1) is 16.6. The molecule has 2 aromatic rings. The Hall–Kier alpha value is -2.39. The van der Waals surface area contributed by atoms with Crippen LogP contribution in [0.4, 0.5) is 23.1 Å². The first-order valence-corrected chi connectivity index (χ1v) is 13.3. The molecule has 3 aliphatic heterocycles. The average Bonchev–Trinajstić information content (AvgIpc) is 3.44. The monoisotopic (exact) mass is 527 g/mol. The molecule has 34 heavy (non-hydrogen) atoms. The molecule has 9 heteroatoms. The summed E-state index contributed by atoms with van der Waals surface area (Å²) in [6.45, 7) is 9.32. The van der Waals surface area contributed by atoms with Crippen LogP contribution < -0.4 is 15.5 Å². The number of fused-ring (bicyclic) bond motifs is 2. The Kier molecular flexibility index (Phi) is 7.20. The molecule has 3 aliphatic rings. The highest BCUT2D eigenvalue weighted by Gasteiger charge is 2.32. The molecule has 2 atom stereocenters. The fraction of sp³-hybridized carbons (Fsp3) is 0.560. The highest BCUT2D eigenvalue weighted by molar-refractivity contribution is 9.10. The van der Waals surface area contributed by atoms with Gasteiger partial charge in [-0.3, -0.25) is 9.69 Å². The second kappa shape index (κ2) is 10.5. The third-order valence-corrected chi connectivity index (χ3v) is 7.79. The molecule has 4 heterocycles. The third kappa shape index (κ3) is 5.15. The van der Waals surface area contributed by atoms with Crippen LogP contribution in [0.2, 0.25) is 0 Å². The van der Waals surface area contributed by atoms with E-state index in [1.807, 2.05) is 4.90 Å². The lowest BCUT2D eigenvalue weighted by Gasteiger charge is -2.36. The van der Waals surface area contributed by atoms with E-state index in [2.05, 4.69) is 66.5 Å². The maximum absolute atomic E-state index is 11.8. The maximum atomic E-state index is 11.8. The number of nitrogens with one attached hydrogen (secondary N) is 2. The summed E-state index contributed by atoms with van der Waals surface area (Å²) in [6.07, 6.45) is 6.55. The number of hydrogen-bond donors (Lipinski definition) is 2. The molecule has 2 bridgehead atoms. The lowest BCUT2D eigenvalue weighted by atomic mass is 10.1. The Balaban J connectivity index is 1.22. The minimum Gasteiger partial charge on any atom is -0.369 e. The van der Waals surface area contributed by atoms with Crippen molar-refractivity contribution >= 4 is 45.0 Å². The van der Waals surface area contributed by atoms with Crippen LogP contribution in [0.15, 0.2) is 28.9 Å². The molecule has 8 nitrogen and oxygen atoms in total. The predicted octanol–water partition coefficient (Wildman–Crippen LogP) is 3.86. The Morgan fingerprint density at radius 1 is 1.21 bits per heavy atom. The fourth-order valence-corrected chi connectivity index (χ4v) is 5.63. The standard InChI is InChI=1S/C25H34BrN7O/c1-2-18-15-19(33-14-13-31-12-8-20(33)17-31)6-7-22(18)29-25-28-16-21(26)24(30-25)27-9-4-11-32-10-3-5-23(32)34/h6-7,15-16,20H,2-5,8-14,17H2,1H3,(H2,27,28,29,30). The summed E-state index contributed by atoms with van der Waals surface area (Å²) in [5.74, 6) is 1.62. The van der Waals surface area contributed by atoms with Crippen LogP contribution in [-0.4, -0.2) is 77.5 Å².